The predicted octanol–water partition coefficient (Wildman–Crippen LogP) is -0.889. The summed E-state index contributed by atoms with van der Waals surface area (Å²) in [5.74, 6) is -2.51. The lowest BCUT2D eigenvalue weighted by molar-refractivity contribution is -0.142. The Hall–Kier alpha value is -4.39. The summed E-state index contributed by atoms with van der Waals surface area (Å²) < 4.78 is 0. The van der Waals surface area contributed by atoms with Crippen LogP contribution in [0.15, 0.2) is 48.0 Å². The van der Waals surface area contributed by atoms with Crippen LogP contribution in [0.4, 0.5) is 0 Å². The summed E-state index contributed by atoms with van der Waals surface area (Å²) in [5.41, 5.74) is 19.1. The van der Waals surface area contributed by atoms with Gasteiger partial charge in [0.05, 0.1) is 12.4 Å². The van der Waals surface area contributed by atoms with Crippen LogP contribution in [-0.4, -0.2) is 68.5 Å². The van der Waals surface area contributed by atoms with Gasteiger partial charge in [-0.1, -0.05) is 18.2 Å². The van der Waals surface area contributed by atoms with Gasteiger partial charge in [-0.25, -0.2) is 9.78 Å². The molecule has 192 valence electrons. The summed E-state index contributed by atoms with van der Waals surface area (Å²) in [4.78, 5) is 51.4. The summed E-state index contributed by atoms with van der Waals surface area (Å²) in [7, 11) is 0. The van der Waals surface area contributed by atoms with Crippen LogP contribution in [0.5, 0.6) is 0 Å². The number of amides is 2. The van der Waals surface area contributed by atoms with Crippen molar-refractivity contribution in [3.8, 4) is 0 Å². The Bertz CT molecular complexity index is 1200. The first-order chi connectivity index (χ1) is 17.2. The van der Waals surface area contributed by atoms with Crippen LogP contribution < -0.4 is 27.8 Å². The average Bonchev–Trinajstić information content (AvgIpc) is 3.50. The van der Waals surface area contributed by atoms with Crippen molar-refractivity contribution in [2.24, 2.45) is 22.2 Å². The van der Waals surface area contributed by atoms with Crippen LogP contribution in [0, 0.1) is 0 Å². The molecule has 3 atom stereocenters. The standard InChI is InChI=1S/C23H31N9O4/c24-16(8-13-10-29-17-5-2-1-4-15(13)17)20(33)32-19(9-14-11-27-12-30-14)21(34)31-18(22(35)36)6-3-7-28-23(25)26/h1-2,4-5,10-12,16,18-19,29H,3,6-9,24H2,(H,27,30)(H,31,34)(H,32,33)(H,35,36)(H4,25,26,28). The second kappa shape index (κ2) is 12.4. The second-order valence-corrected chi connectivity index (χ2v) is 8.36. The van der Waals surface area contributed by atoms with Gasteiger partial charge < -0.3 is 42.9 Å². The molecule has 0 saturated heterocycles. The first-order valence-corrected chi connectivity index (χ1v) is 11.4. The van der Waals surface area contributed by atoms with Gasteiger partial charge in [0.2, 0.25) is 11.8 Å². The molecule has 11 N–H and O–H groups in total. The summed E-state index contributed by atoms with van der Waals surface area (Å²) >= 11 is 0. The molecule has 0 saturated carbocycles. The third kappa shape index (κ3) is 7.30. The first kappa shape index (κ1) is 26.2. The van der Waals surface area contributed by atoms with Crippen molar-refractivity contribution in [3.05, 3.63) is 54.2 Å². The Labute approximate surface area is 206 Å². The quantitative estimate of drug-likeness (QED) is 0.0836. The van der Waals surface area contributed by atoms with E-state index in [1.54, 1.807) is 6.20 Å². The van der Waals surface area contributed by atoms with E-state index in [-0.39, 0.29) is 31.8 Å². The number of para-hydroxylation sites is 1. The van der Waals surface area contributed by atoms with E-state index < -0.39 is 35.9 Å². The van der Waals surface area contributed by atoms with Crippen LogP contribution in [-0.2, 0) is 27.2 Å². The zero-order valence-corrected chi connectivity index (χ0v) is 19.6. The zero-order valence-electron chi connectivity index (χ0n) is 19.6. The molecule has 0 bridgehead atoms. The third-order valence-corrected chi connectivity index (χ3v) is 5.62. The van der Waals surface area contributed by atoms with Crippen molar-refractivity contribution in [1.82, 2.24) is 25.6 Å². The van der Waals surface area contributed by atoms with E-state index >= 15 is 0 Å². The fourth-order valence-electron chi connectivity index (χ4n) is 3.77. The van der Waals surface area contributed by atoms with Gasteiger partial charge in [-0.05, 0) is 30.9 Å². The first-order valence-electron chi connectivity index (χ1n) is 11.4. The number of aliphatic carboxylic acids is 1. The lowest BCUT2D eigenvalue weighted by Gasteiger charge is -2.22. The van der Waals surface area contributed by atoms with Gasteiger partial charge in [-0.2, -0.15) is 0 Å². The normalized spacial score (nSPS) is 13.5. The highest BCUT2D eigenvalue weighted by Crippen LogP contribution is 2.18. The lowest BCUT2D eigenvalue weighted by atomic mass is 10.0. The Morgan fingerprint density at radius 1 is 1.06 bits per heavy atom. The number of carbonyl (C=O) groups is 3. The molecule has 2 aromatic heterocycles. The molecule has 0 radical (unpaired) electrons. The number of nitrogens with zero attached hydrogens (tertiary/aromatic N) is 2. The fraction of sp³-hybridized carbons (Fsp3) is 0.348. The number of aliphatic imine (C=N–C) groups is 1. The number of carboxylic acids is 1. The van der Waals surface area contributed by atoms with Crippen LogP contribution in [0.3, 0.4) is 0 Å². The minimum Gasteiger partial charge on any atom is -0.480 e. The molecule has 3 unspecified atom stereocenters. The zero-order chi connectivity index (χ0) is 26.1. The van der Waals surface area contributed by atoms with Gasteiger partial charge in [-0.15, -0.1) is 0 Å². The number of nitrogens with one attached hydrogen (secondary N) is 4. The number of H-pyrrole nitrogens is 2. The summed E-state index contributed by atoms with van der Waals surface area (Å²) in [6.45, 7) is 0.221. The molecule has 0 spiro atoms. The van der Waals surface area contributed by atoms with E-state index in [4.69, 9.17) is 17.2 Å². The number of aromatic nitrogens is 3. The van der Waals surface area contributed by atoms with E-state index in [1.807, 2.05) is 24.3 Å². The Morgan fingerprint density at radius 2 is 1.81 bits per heavy atom. The number of nitrogens with two attached hydrogens (primary N) is 3. The van der Waals surface area contributed by atoms with E-state index in [1.165, 1.54) is 12.5 Å². The maximum Gasteiger partial charge on any atom is 0.326 e. The van der Waals surface area contributed by atoms with Gasteiger partial charge in [0.25, 0.3) is 0 Å². The van der Waals surface area contributed by atoms with Gasteiger partial charge in [-0.3, -0.25) is 14.6 Å². The van der Waals surface area contributed by atoms with E-state index in [0.29, 0.717) is 12.1 Å². The number of hydrogen-bond donors (Lipinski definition) is 8. The van der Waals surface area contributed by atoms with Gasteiger partial charge >= 0.3 is 5.97 Å². The summed E-state index contributed by atoms with van der Waals surface area (Å²) in [6, 6.07) is 4.45. The monoisotopic (exact) mass is 497 g/mol. The average molecular weight is 498 g/mol. The van der Waals surface area contributed by atoms with Crippen molar-refractivity contribution in [3.63, 3.8) is 0 Å². The number of carboxylic acid groups (broad SMARTS) is 1. The molecule has 0 aliphatic rings. The minimum absolute atomic E-state index is 0.0672. The molecule has 36 heavy (non-hydrogen) atoms. The molecular weight excluding hydrogens is 466 g/mol. The molecule has 1 aromatic carbocycles. The SMILES string of the molecule is NC(N)=NCCCC(NC(=O)C(Cc1cnc[nH]1)NC(=O)C(N)Cc1c[nH]c2ccccc12)C(=O)O. The maximum absolute atomic E-state index is 13.0. The molecule has 0 fully saturated rings. The van der Waals surface area contributed by atoms with Crippen molar-refractivity contribution in [1.29, 1.82) is 0 Å². The van der Waals surface area contributed by atoms with Gasteiger partial charge in [0.1, 0.15) is 12.1 Å². The van der Waals surface area contributed by atoms with Gasteiger partial charge in [0.15, 0.2) is 5.96 Å². The van der Waals surface area contributed by atoms with Crippen LogP contribution in [0.25, 0.3) is 10.9 Å². The van der Waals surface area contributed by atoms with Crippen molar-refractivity contribution >= 4 is 34.6 Å². The molecule has 2 heterocycles. The highest BCUT2D eigenvalue weighted by atomic mass is 16.4. The molecule has 3 aromatic rings. The van der Waals surface area contributed by atoms with Crippen LogP contribution in [0.1, 0.15) is 24.1 Å². The number of rotatable bonds is 13. The summed E-state index contributed by atoms with van der Waals surface area (Å²) in [6.07, 6.45) is 5.51. The Balaban J connectivity index is 1.67. The van der Waals surface area contributed by atoms with Crippen molar-refractivity contribution < 1.29 is 19.5 Å². The fourth-order valence-corrected chi connectivity index (χ4v) is 3.77. The highest BCUT2D eigenvalue weighted by molar-refractivity contribution is 5.92. The molecule has 13 heteroatoms. The highest BCUT2D eigenvalue weighted by Gasteiger charge is 2.28. The Morgan fingerprint density at radius 3 is 2.50 bits per heavy atom. The summed E-state index contributed by atoms with van der Waals surface area (Å²) in [5, 5.41) is 15.6. The predicted molar refractivity (Wildman–Crippen MR) is 134 cm³/mol. The van der Waals surface area contributed by atoms with Crippen LogP contribution in [0.2, 0.25) is 0 Å². The largest absolute Gasteiger partial charge is 0.480 e. The number of carbonyl (C=O) groups excluding carboxylic acids is 2. The van der Waals surface area contributed by atoms with Crippen LogP contribution >= 0.6 is 0 Å². The molecule has 2 amide bonds. The minimum atomic E-state index is -1.21. The third-order valence-electron chi connectivity index (χ3n) is 5.62. The number of hydrogen-bond acceptors (Lipinski definition) is 6. The second-order valence-electron chi connectivity index (χ2n) is 8.36. The maximum atomic E-state index is 13.0. The Kier molecular flexibility index (Phi) is 9.00. The number of benzene rings is 1. The molecule has 0 aliphatic heterocycles. The van der Waals surface area contributed by atoms with Gasteiger partial charge in [0, 0.05) is 42.0 Å². The topological polar surface area (TPSA) is 230 Å². The number of guanidine groups is 1. The van der Waals surface area contributed by atoms with E-state index in [2.05, 4.69) is 30.6 Å². The molecular formula is C23H31N9O4. The molecule has 0 aliphatic carbocycles. The van der Waals surface area contributed by atoms with Crippen molar-refractivity contribution in [2.75, 3.05) is 6.54 Å². The number of imidazole rings is 1. The molecule has 13 nitrogen and oxygen atoms in total. The lowest BCUT2D eigenvalue weighted by Crippen LogP contribution is -2.55. The number of fused-ring (bicyclic) bond motifs is 1. The molecule has 3 rings (SSSR count). The van der Waals surface area contributed by atoms with Crippen molar-refractivity contribution in [2.45, 2.75) is 43.8 Å². The number of aromatic amines is 2. The van der Waals surface area contributed by atoms with E-state index in [9.17, 15) is 19.5 Å². The van der Waals surface area contributed by atoms with E-state index in [0.717, 1.165) is 16.5 Å². The smallest absolute Gasteiger partial charge is 0.326 e.